The number of carbonyl (C=O) groups is 3. The normalized spacial score (nSPS) is 11.6. The Morgan fingerprint density at radius 1 is 1.07 bits per heavy atom. The molecule has 0 saturated carbocycles. The molecule has 0 fully saturated rings. The molecule has 1 atom stereocenters. The van der Waals surface area contributed by atoms with Crippen LogP contribution in [0.3, 0.4) is 0 Å². The first-order valence-corrected chi connectivity index (χ1v) is 8.72. The number of rotatable bonds is 7. The molecule has 0 saturated heterocycles. The van der Waals surface area contributed by atoms with Crippen molar-refractivity contribution in [3.05, 3.63) is 58.4 Å². The highest BCUT2D eigenvalue weighted by atomic mass is 16.5. The van der Waals surface area contributed by atoms with E-state index in [1.165, 1.54) is 0 Å². The molecular weight excluding hydrogens is 348 g/mol. The van der Waals surface area contributed by atoms with Crippen LogP contribution in [0.2, 0.25) is 0 Å². The lowest BCUT2D eigenvalue weighted by molar-refractivity contribution is -0.124. The number of aryl methyl sites for hydroxylation is 1. The van der Waals surface area contributed by atoms with Crippen molar-refractivity contribution in [2.45, 2.75) is 33.7 Å². The van der Waals surface area contributed by atoms with Crippen LogP contribution in [0.25, 0.3) is 0 Å². The van der Waals surface area contributed by atoms with Gasteiger partial charge in [-0.3, -0.25) is 4.79 Å². The first-order chi connectivity index (χ1) is 12.8. The van der Waals surface area contributed by atoms with E-state index in [9.17, 15) is 14.4 Å². The van der Waals surface area contributed by atoms with Crippen LogP contribution in [0.1, 0.15) is 57.6 Å². The Balaban J connectivity index is 1.97. The molecule has 7 nitrogen and oxygen atoms in total. The standard InChI is InChI=1S/C20H24N2O5/c1-5-26-20(25)18-12(2)17(14(4)22-18)19(24)27-11-16(23)21-13(3)15-9-7-6-8-10-15/h6-10,13,22H,5,11H2,1-4H3,(H,21,23). The summed E-state index contributed by atoms with van der Waals surface area (Å²) in [5.74, 6) is -1.61. The summed E-state index contributed by atoms with van der Waals surface area (Å²) in [5.41, 5.74) is 2.33. The minimum Gasteiger partial charge on any atom is -0.461 e. The minimum atomic E-state index is -0.667. The van der Waals surface area contributed by atoms with E-state index < -0.39 is 24.5 Å². The molecule has 1 amide bonds. The zero-order chi connectivity index (χ0) is 20.0. The van der Waals surface area contributed by atoms with Gasteiger partial charge in [0.25, 0.3) is 5.91 Å². The average molecular weight is 372 g/mol. The number of esters is 2. The Morgan fingerprint density at radius 3 is 2.37 bits per heavy atom. The molecule has 0 aliphatic rings. The first kappa shape index (κ1) is 20.2. The molecule has 2 aromatic rings. The Kier molecular flexibility index (Phi) is 6.76. The third-order valence-electron chi connectivity index (χ3n) is 4.13. The second-order valence-corrected chi connectivity index (χ2v) is 6.12. The molecule has 0 aliphatic heterocycles. The van der Waals surface area contributed by atoms with Crippen molar-refractivity contribution < 1.29 is 23.9 Å². The highest BCUT2D eigenvalue weighted by molar-refractivity contribution is 5.99. The highest BCUT2D eigenvalue weighted by Gasteiger charge is 2.24. The van der Waals surface area contributed by atoms with Gasteiger partial charge in [0, 0.05) is 5.69 Å². The Bertz CT molecular complexity index is 826. The van der Waals surface area contributed by atoms with Crippen LogP contribution in [0.15, 0.2) is 30.3 Å². The molecule has 0 bridgehead atoms. The summed E-state index contributed by atoms with van der Waals surface area (Å²) < 4.78 is 10.1. The molecule has 2 rings (SSSR count). The number of aromatic amines is 1. The van der Waals surface area contributed by atoms with Crippen LogP contribution in [0.5, 0.6) is 0 Å². The average Bonchev–Trinajstić information content (AvgIpc) is 2.95. The van der Waals surface area contributed by atoms with Crippen LogP contribution in [-0.2, 0) is 14.3 Å². The largest absolute Gasteiger partial charge is 0.461 e. The fraction of sp³-hybridized carbons (Fsp3) is 0.350. The lowest BCUT2D eigenvalue weighted by Gasteiger charge is -2.14. The van der Waals surface area contributed by atoms with Crippen molar-refractivity contribution in [3.8, 4) is 0 Å². The van der Waals surface area contributed by atoms with Crippen LogP contribution in [-0.4, -0.2) is 36.0 Å². The number of amides is 1. The Morgan fingerprint density at radius 2 is 1.74 bits per heavy atom. The Hall–Kier alpha value is -3.09. The number of benzene rings is 1. The summed E-state index contributed by atoms with van der Waals surface area (Å²) in [4.78, 5) is 39.2. The van der Waals surface area contributed by atoms with Crippen molar-refractivity contribution in [1.82, 2.24) is 10.3 Å². The maximum atomic E-state index is 12.4. The third kappa shape index (κ3) is 4.97. The van der Waals surface area contributed by atoms with Gasteiger partial charge in [-0.25, -0.2) is 9.59 Å². The summed E-state index contributed by atoms with van der Waals surface area (Å²) in [7, 11) is 0. The lowest BCUT2D eigenvalue weighted by Crippen LogP contribution is -2.31. The van der Waals surface area contributed by atoms with Gasteiger partial charge in [-0.1, -0.05) is 30.3 Å². The van der Waals surface area contributed by atoms with Gasteiger partial charge >= 0.3 is 11.9 Å². The zero-order valence-corrected chi connectivity index (χ0v) is 15.9. The van der Waals surface area contributed by atoms with Crippen LogP contribution in [0, 0.1) is 13.8 Å². The van der Waals surface area contributed by atoms with Gasteiger partial charge in [-0.15, -0.1) is 0 Å². The van der Waals surface area contributed by atoms with Crippen LogP contribution < -0.4 is 5.32 Å². The number of aromatic nitrogens is 1. The molecule has 27 heavy (non-hydrogen) atoms. The van der Waals surface area contributed by atoms with Crippen molar-refractivity contribution in [3.63, 3.8) is 0 Å². The first-order valence-electron chi connectivity index (χ1n) is 8.72. The van der Waals surface area contributed by atoms with Crippen molar-refractivity contribution >= 4 is 17.8 Å². The van der Waals surface area contributed by atoms with E-state index in [0.717, 1.165) is 5.56 Å². The number of carbonyl (C=O) groups excluding carboxylic acids is 3. The maximum Gasteiger partial charge on any atom is 0.355 e. The van der Waals surface area contributed by atoms with E-state index in [1.807, 2.05) is 37.3 Å². The molecule has 144 valence electrons. The van der Waals surface area contributed by atoms with Gasteiger partial charge in [0.2, 0.25) is 0 Å². The SMILES string of the molecule is CCOC(=O)c1[nH]c(C)c(C(=O)OCC(=O)NC(C)c2ccccc2)c1C. The molecule has 1 aromatic heterocycles. The van der Waals surface area contributed by atoms with E-state index in [-0.39, 0.29) is 23.9 Å². The molecule has 0 spiro atoms. The molecule has 0 radical (unpaired) electrons. The molecule has 2 N–H and O–H groups in total. The van der Waals surface area contributed by atoms with E-state index in [0.29, 0.717) is 11.3 Å². The summed E-state index contributed by atoms with van der Waals surface area (Å²) in [6.07, 6.45) is 0. The summed E-state index contributed by atoms with van der Waals surface area (Å²) in [6.45, 7) is 6.66. The number of nitrogens with one attached hydrogen (secondary N) is 2. The van der Waals surface area contributed by atoms with E-state index in [4.69, 9.17) is 9.47 Å². The van der Waals surface area contributed by atoms with E-state index in [1.54, 1.807) is 20.8 Å². The second kappa shape index (κ2) is 9.02. The van der Waals surface area contributed by atoms with Gasteiger partial charge in [-0.2, -0.15) is 0 Å². The fourth-order valence-corrected chi connectivity index (χ4v) is 2.78. The quantitative estimate of drug-likeness (QED) is 0.729. The van der Waals surface area contributed by atoms with Gasteiger partial charge in [0.1, 0.15) is 5.69 Å². The summed E-state index contributed by atoms with van der Waals surface area (Å²) in [5, 5.41) is 2.77. The third-order valence-corrected chi connectivity index (χ3v) is 4.13. The van der Waals surface area contributed by atoms with Gasteiger partial charge in [-0.05, 0) is 38.8 Å². The van der Waals surface area contributed by atoms with Gasteiger partial charge in [0.15, 0.2) is 6.61 Å². The zero-order valence-electron chi connectivity index (χ0n) is 15.9. The van der Waals surface area contributed by atoms with Crippen LogP contribution >= 0.6 is 0 Å². The number of hydrogen-bond acceptors (Lipinski definition) is 5. The van der Waals surface area contributed by atoms with E-state index >= 15 is 0 Å². The monoisotopic (exact) mass is 372 g/mol. The summed E-state index contributed by atoms with van der Waals surface area (Å²) in [6, 6.07) is 9.27. The second-order valence-electron chi connectivity index (χ2n) is 6.12. The number of ether oxygens (including phenoxy) is 2. The molecule has 1 unspecified atom stereocenters. The molecule has 7 heteroatoms. The molecular formula is C20H24N2O5. The molecule has 1 aromatic carbocycles. The highest BCUT2D eigenvalue weighted by Crippen LogP contribution is 2.20. The molecule has 1 heterocycles. The van der Waals surface area contributed by atoms with Gasteiger partial charge in [0.05, 0.1) is 18.2 Å². The smallest absolute Gasteiger partial charge is 0.355 e. The van der Waals surface area contributed by atoms with Crippen molar-refractivity contribution in [2.24, 2.45) is 0 Å². The number of hydrogen-bond donors (Lipinski definition) is 2. The maximum absolute atomic E-state index is 12.4. The predicted molar refractivity (Wildman–Crippen MR) is 99.5 cm³/mol. The van der Waals surface area contributed by atoms with E-state index in [2.05, 4.69) is 10.3 Å². The minimum absolute atomic E-state index is 0.205. The predicted octanol–water partition coefficient (Wildman–Crippen LogP) is 2.84. The summed E-state index contributed by atoms with van der Waals surface area (Å²) >= 11 is 0. The molecule has 0 aliphatic carbocycles. The van der Waals surface area contributed by atoms with Crippen molar-refractivity contribution in [2.75, 3.05) is 13.2 Å². The lowest BCUT2D eigenvalue weighted by atomic mass is 10.1. The fourth-order valence-electron chi connectivity index (χ4n) is 2.78. The van der Waals surface area contributed by atoms with Gasteiger partial charge < -0.3 is 19.8 Å². The van der Waals surface area contributed by atoms with Crippen LogP contribution in [0.4, 0.5) is 0 Å². The van der Waals surface area contributed by atoms with Crippen molar-refractivity contribution in [1.29, 1.82) is 0 Å². The number of H-pyrrole nitrogens is 1. The topological polar surface area (TPSA) is 97.5 Å². The Labute approximate surface area is 158 Å².